The maximum Gasteiger partial charge on any atom is 0.239 e. The molecule has 0 aromatic carbocycles. The average Bonchev–Trinajstić information content (AvgIpc) is 2.98. The minimum absolute atomic E-state index is 0.134. The van der Waals surface area contributed by atoms with Gasteiger partial charge in [-0.25, -0.2) is 0 Å². The topological polar surface area (TPSA) is 178 Å². The summed E-state index contributed by atoms with van der Waals surface area (Å²) < 4.78 is 0. The summed E-state index contributed by atoms with van der Waals surface area (Å²) in [6, 6.07) is -0.701. The number of nitrogens with one attached hydrogen (secondary N) is 2. The molecule has 11 heteroatoms. The summed E-state index contributed by atoms with van der Waals surface area (Å²) >= 11 is 0. The van der Waals surface area contributed by atoms with E-state index in [1.807, 2.05) is 0 Å². The van der Waals surface area contributed by atoms with E-state index in [0.717, 1.165) is 0 Å². The molecule has 0 bridgehead atoms. The second kappa shape index (κ2) is 5.95. The zero-order valence-electron chi connectivity index (χ0n) is 10.6. The van der Waals surface area contributed by atoms with E-state index in [4.69, 9.17) is 11.5 Å². The number of hydrogen-bond donors (Lipinski definition) is 4. The smallest absolute Gasteiger partial charge is 0.239 e. The Labute approximate surface area is 113 Å². The summed E-state index contributed by atoms with van der Waals surface area (Å²) in [5, 5.41) is 23.6. The summed E-state index contributed by atoms with van der Waals surface area (Å²) in [5.41, 5.74) is 10.7. The normalized spacial score (nSPS) is 11.1. The Morgan fingerprint density at radius 2 is 1.50 bits per heavy atom. The molecule has 2 aromatic heterocycles. The van der Waals surface area contributed by atoms with Gasteiger partial charge in [0.2, 0.25) is 17.9 Å². The van der Waals surface area contributed by atoms with Crippen molar-refractivity contribution in [2.24, 2.45) is 0 Å². The lowest BCUT2D eigenvalue weighted by Gasteiger charge is -2.07. The molecule has 0 amide bonds. The van der Waals surface area contributed by atoms with Crippen molar-refractivity contribution in [3.05, 3.63) is 21.8 Å². The number of rotatable bonds is 7. The summed E-state index contributed by atoms with van der Waals surface area (Å²) in [7, 11) is 0. The average molecular weight is 281 g/mol. The van der Waals surface area contributed by atoms with Crippen molar-refractivity contribution in [2.45, 2.75) is 31.7 Å². The maximum absolute atomic E-state index is 11.0. The molecule has 0 atom stereocenters. The van der Waals surface area contributed by atoms with Crippen molar-refractivity contribution in [2.75, 3.05) is 11.5 Å². The van der Waals surface area contributed by atoms with E-state index in [1.165, 1.54) is 0 Å². The van der Waals surface area contributed by atoms with Crippen molar-refractivity contribution in [3.8, 4) is 0 Å². The largest absolute Gasteiger partial charge is 0.367 e. The Morgan fingerprint density at radius 1 is 1.05 bits per heavy atom. The van der Waals surface area contributed by atoms with Gasteiger partial charge in [-0.3, -0.25) is 20.3 Å². The van der Waals surface area contributed by atoms with Crippen LogP contribution in [0.1, 0.15) is 24.5 Å². The van der Waals surface area contributed by atoms with Crippen LogP contribution in [0.4, 0.5) is 11.9 Å². The van der Waals surface area contributed by atoms with Crippen LogP contribution < -0.4 is 11.5 Å². The first-order chi connectivity index (χ1) is 9.54. The molecule has 0 saturated heterocycles. The Bertz CT molecular complexity index is 533. The molecular formula is C9H15N9O2. The van der Waals surface area contributed by atoms with Gasteiger partial charge in [0.15, 0.2) is 0 Å². The van der Waals surface area contributed by atoms with Crippen molar-refractivity contribution in [1.82, 2.24) is 30.4 Å². The van der Waals surface area contributed by atoms with Crippen LogP contribution in [0.15, 0.2) is 0 Å². The van der Waals surface area contributed by atoms with E-state index in [1.54, 1.807) is 0 Å². The number of aromatic amines is 2. The van der Waals surface area contributed by atoms with Gasteiger partial charge in [-0.15, -0.1) is 10.2 Å². The fraction of sp³-hybridized carbons (Fsp3) is 0.556. The standard InChI is InChI=1S/C9H15N9O2/c10-8-12-6(14-16-8)3-1-5(18(19)20)2-4-7-13-9(11)17-15-7/h5H,1-4H2,(H3,10,12,14,16)(H3,11,13,15,17). The van der Waals surface area contributed by atoms with Crippen molar-refractivity contribution in [1.29, 1.82) is 0 Å². The van der Waals surface area contributed by atoms with E-state index in [2.05, 4.69) is 30.4 Å². The molecular weight excluding hydrogens is 266 g/mol. The predicted octanol–water partition coefficient (Wildman–Crippen LogP) is -0.702. The van der Waals surface area contributed by atoms with E-state index >= 15 is 0 Å². The number of nitrogens with zero attached hydrogens (tertiary/aromatic N) is 5. The van der Waals surface area contributed by atoms with Gasteiger partial charge in [-0.2, -0.15) is 9.97 Å². The number of aromatic nitrogens is 6. The molecule has 0 saturated carbocycles. The van der Waals surface area contributed by atoms with E-state index < -0.39 is 6.04 Å². The fourth-order valence-corrected chi connectivity index (χ4v) is 1.81. The lowest BCUT2D eigenvalue weighted by atomic mass is 10.1. The number of aryl methyl sites for hydroxylation is 2. The van der Waals surface area contributed by atoms with Crippen LogP contribution in [0.3, 0.4) is 0 Å². The summed E-state index contributed by atoms with van der Waals surface area (Å²) in [6.45, 7) is 0. The Kier molecular flexibility index (Phi) is 4.08. The molecule has 108 valence electrons. The third-order valence-corrected chi connectivity index (χ3v) is 2.82. The number of nitro groups is 1. The molecule has 20 heavy (non-hydrogen) atoms. The zero-order chi connectivity index (χ0) is 14.5. The molecule has 0 fully saturated rings. The molecule has 0 spiro atoms. The highest BCUT2D eigenvalue weighted by Crippen LogP contribution is 2.10. The summed E-state index contributed by atoms with van der Waals surface area (Å²) in [5.74, 6) is 1.35. The van der Waals surface area contributed by atoms with Gasteiger partial charge in [-0.05, 0) is 0 Å². The Morgan fingerprint density at radius 3 is 1.80 bits per heavy atom. The van der Waals surface area contributed by atoms with Gasteiger partial charge in [0.1, 0.15) is 11.6 Å². The minimum Gasteiger partial charge on any atom is -0.367 e. The van der Waals surface area contributed by atoms with Crippen molar-refractivity contribution in [3.63, 3.8) is 0 Å². The molecule has 2 aromatic rings. The number of anilines is 2. The van der Waals surface area contributed by atoms with Gasteiger partial charge in [0.25, 0.3) is 0 Å². The van der Waals surface area contributed by atoms with Gasteiger partial charge >= 0.3 is 0 Å². The predicted molar refractivity (Wildman–Crippen MR) is 69.0 cm³/mol. The second-order valence-corrected chi connectivity index (χ2v) is 4.30. The molecule has 11 nitrogen and oxygen atoms in total. The Hall–Kier alpha value is -2.72. The van der Waals surface area contributed by atoms with Crippen LogP contribution in [0.2, 0.25) is 0 Å². The van der Waals surface area contributed by atoms with Crippen LogP contribution in [0.5, 0.6) is 0 Å². The highest BCUT2D eigenvalue weighted by Gasteiger charge is 2.21. The van der Waals surface area contributed by atoms with Gasteiger partial charge in [0.05, 0.1) is 0 Å². The minimum atomic E-state index is -0.701. The van der Waals surface area contributed by atoms with Crippen LogP contribution in [0, 0.1) is 10.1 Å². The molecule has 0 aliphatic heterocycles. The van der Waals surface area contributed by atoms with Crippen LogP contribution in [0.25, 0.3) is 0 Å². The molecule has 2 rings (SSSR count). The number of nitrogens with two attached hydrogens (primary N) is 2. The van der Waals surface area contributed by atoms with Gasteiger partial charge < -0.3 is 11.5 Å². The third-order valence-electron chi connectivity index (χ3n) is 2.82. The van der Waals surface area contributed by atoms with E-state index in [9.17, 15) is 10.1 Å². The molecule has 0 unspecified atom stereocenters. The monoisotopic (exact) mass is 281 g/mol. The quantitative estimate of drug-likeness (QED) is 0.379. The fourth-order valence-electron chi connectivity index (χ4n) is 1.81. The van der Waals surface area contributed by atoms with Crippen LogP contribution >= 0.6 is 0 Å². The number of hydrogen-bond acceptors (Lipinski definition) is 8. The van der Waals surface area contributed by atoms with Crippen molar-refractivity contribution >= 4 is 11.9 Å². The number of nitrogen functional groups attached to an aromatic ring is 2. The molecule has 6 N–H and O–H groups in total. The van der Waals surface area contributed by atoms with E-state index in [-0.39, 0.29) is 16.8 Å². The zero-order valence-corrected chi connectivity index (χ0v) is 10.6. The van der Waals surface area contributed by atoms with Gasteiger partial charge in [-0.1, -0.05) is 0 Å². The first-order valence-electron chi connectivity index (χ1n) is 6.01. The highest BCUT2D eigenvalue weighted by atomic mass is 16.6. The molecule has 0 aliphatic rings. The van der Waals surface area contributed by atoms with Crippen LogP contribution in [-0.2, 0) is 12.8 Å². The summed E-state index contributed by atoms with van der Waals surface area (Å²) in [4.78, 5) is 18.5. The Balaban J connectivity index is 1.85. The third kappa shape index (κ3) is 3.63. The number of H-pyrrole nitrogens is 2. The first-order valence-corrected chi connectivity index (χ1v) is 6.01. The summed E-state index contributed by atoms with van der Waals surface area (Å²) in [6.07, 6.45) is 1.50. The lowest BCUT2D eigenvalue weighted by molar-refractivity contribution is -0.524. The SMILES string of the molecule is Nc1n[nH]c(CCC(CCc2nc(N)n[nH]2)[N+](=O)[O-])n1. The van der Waals surface area contributed by atoms with Crippen molar-refractivity contribution < 1.29 is 4.92 Å². The van der Waals surface area contributed by atoms with E-state index in [0.29, 0.717) is 37.3 Å². The first kappa shape index (κ1) is 13.7. The van der Waals surface area contributed by atoms with Gasteiger partial charge in [0, 0.05) is 30.6 Å². The molecule has 2 heterocycles. The maximum atomic E-state index is 11.0. The molecule has 0 radical (unpaired) electrons. The second-order valence-electron chi connectivity index (χ2n) is 4.30. The highest BCUT2D eigenvalue weighted by molar-refractivity contribution is 5.13. The lowest BCUT2D eigenvalue weighted by Crippen LogP contribution is -2.21. The van der Waals surface area contributed by atoms with Crippen LogP contribution in [-0.4, -0.2) is 41.3 Å². The molecule has 0 aliphatic carbocycles.